The molecule has 1 heterocycles. The Balaban J connectivity index is 2.11. The van der Waals surface area contributed by atoms with Gasteiger partial charge in [0.25, 0.3) is 0 Å². The number of carbonyl (C=O) groups is 1. The maximum Gasteiger partial charge on any atom is 0.322 e. The Morgan fingerprint density at radius 2 is 1.96 bits per heavy atom. The Morgan fingerprint density at radius 3 is 2.56 bits per heavy atom. The van der Waals surface area contributed by atoms with E-state index in [1.54, 1.807) is 12.1 Å². The van der Waals surface area contributed by atoms with Gasteiger partial charge in [-0.05, 0) is 37.1 Å². The Morgan fingerprint density at radius 1 is 1.28 bits per heavy atom. The van der Waals surface area contributed by atoms with Crippen LogP contribution in [0, 0.1) is 0 Å². The standard InChI is InChI=1S/C17H25NO6S/c1-2-3-4-11-24-14-5-7-15(8-6-14)25(22,23)18-10-9-13(19)12-16(18)17(20)21/h5-8,13,16,19H,2-4,9-12H2,1H3,(H,20,21). The third kappa shape index (κ3) is 4.93. The predicted octanol–water partition coefficient (Wildman–Crippen LogP) is 1.85. The number of ether oxygens (including phenoxy) is 1. The summed E-state index contributed by atoms with van der Waals surface area (Å²) in [5.41, 5.74) is 0. The van der Waals surface area contributed by atoms with Gasteiger partial charge in [0, 0.05) is 13.0 Å². The predicted molar refractivity (Wildman–Crippen MR) is 92.0 cm³/mol. The van der Waals surface area contributed by atoms with Gasteiger partial charge < -0.3 is 14.9 Å². The summed E-state index contributed by atoms with van der Waals surface area (Å²) in [6, 6.07) is 4.75. The zero-order chi connectivity index (χ0) is 18.4. The molecule has 1 saturated heterocycles. The second-order valence-corrected chi connectivity index (χ2v) is 8.07. The number of carboxylic acids is 1. The van der Waals surface area contributed by atoms with Gasteiger partial charge >= 0.3 is 5.97 Å². The van der Waals surface area contributed by atoms with E-state index >= 15 is 0 Å². The topological polar surface area (TPSA) is 104 Å². The molecule has 0 aliphatic carbocycles. The molecule has 0 radical (unpaired) electrons. The van der Waals surface area contributed by atoms with Crippen LogP contribution in [0.15, 0.2) is 29.2 Å². The average molecular weight is 371 g/mol. The number of hydrogen-bond donors (Lipinski definition) is 2. The van der Waals surface area contributed by atoms with Gasteiger partial charge in [0.15, 0.2) is 0 Å². The van der Waals surface area contributed by atoms with Crippen molar-refractivity contribution in [3.63, 3.8) is 0 Å². The molecule has 0 saturated carbocycles. The highest BCUT2D eigenvalue weighted by Crippen LogP contribution is 2.27. The first kappa shape index (κ1) is 19.7. The first-order valence-electron chi connectivity index (χ1n) is 8.52. The molecule has 0 spiro atoms. The fraction of sp³-hybridized carbons (Fsp3) is 0.588. The van der Waals surface area contributed by atoms with E-state index in [2.05, 4.69) is 6.92 Å². The molecule has 0 aromatic heterocycles. The van der Waals surface area contributed by atoms with Crippen LogP contribution >= 0.6 is 0 Å². The van der Waals surface area contributed by atoms with Crippen LogP contribution in [-0.2, 0) is 14.8 Å². The summed E-state index contributed by atoms with van der Waals surface area (Å²) < 4.78 is 32.0. The van der Waals surface area contributed by atoms with Crippen LogP contribution in [0.1, 0.15) is 39.0 Å². The zero-order valence-electron chi connectivity index (χ0n) is 14.3. The van der Waals surface area contributed by atoms with Crippen LogP contribution in [0.4, 0.5) is 0 Å². The molecule has 0 bridgehead atoms. The van der Waals surface area contributed by atoms with Crippen LogP contribution in [0.3, 0.4) is 0 Å². The lowest BCUT2D eigenvalue weighted by molar-refractivity contribution is -0.143. The van der Waals surface area contributed by atoms with Crippen molar-refractivity contribution in [1.29, 1.82) is 0 Å². The van der Waals surface area contributed by atoms with E-state index < -0.39 is 28.1 Å². The Bertz CT molecular complexity index is 673. The Kier molecular flexibility index (Phi) is 6.80. The number of unbranched alkanes of at least 4 members (excludes halogenated alkanes) is 2. The number of sulfonamides is 1. The van der Waals surface area contributed by atoms with Gasteiger partial charge in [-0.2, -0.15) is 4.31 Å². The van der Waals surface area contributed by atoms with E-state index in [4.69, 9.17) is 4.74 Å². The molecule has 1 aliphatic rings. The summed E-state index contributed by atoms with van der Waals surface area (Å²) in [7, 11) is -3.94. The van der Waals surface area contributed by atoms with Crippen molar-refractivity contribution in [2.75, 3.05) is 13.2 Å². The molecule has 2 atom stereocenters. The van der Waals surface area contributed by atoms with Crippen LogP contribution < -0.4 is 4.74 Å². The van der Waals surface area contributed by atoms with Crippen molar-refractivity contribution in [3.05, 3.63) is 24.3 Å². The lowest BCUT2D eigenvalue weighted by Gasteiger charge is -2.34. The van der Waals surface area contributed by atoms with E-state index in [0.717, 1.165) is 23.6 Å². The number of hydrogen-bond acceptors (Lipinski definition) is 5. The molecule has 7 nitrogen and oxygen atoms in total. The molecule has 0 amide bonds. The fourth-order valence-corrected chi connectivity index (χ4v) is 4.43. The van der Waals surface area contributed by atoms with E-state index in [0.29, 0.717) is 12.4 Å². The van der Waals surface area contributed by atoms with Gasteiger partial charge in [0.05, 0.1) is 17.6 Å². The van der Waals surface area contributed by atoms with E-state index in [9.17, 15) is 23.4 Å². The largest absolute Gasteiger partial charge is 0.494 e. The second-order valence-electron chi connectivity index (χ2n) is 6.17. The maximum atomic E-state index is 12.8. The SMILES string of the molecule is CCCCCOc1ccc(S(=O)(=O)N2CCC(O)CC2C(=O)O)cc1. The smallest absolute Gasteiger partial charge is 0.322 e. The molecule has 140 valence electrons. The first-order chi connectivity index (χ1) is 11.9. The number of benzene rings is 1. The second kappa shape index (κ2) is 8.64. The van der Waals surface area contributed by atoms with Crippen molar-refractivity contribution in [2.45, 2.75) is 56.1 Å². The minimum atomic E-state index is -3.94. The molecule has 1 aromatic rings. The maximum absolute atomic E-state index is 12.8. The number of nitrogens with zero attached hydrogens (tertiary/aromatic N) is 1. The molecular weight excluding hydrogens is 346 g/mol. The van der Waals surface area contributed by atoms with Crippen molar-refractivity contribution in [3.8, 4) is 5.75 Å². The van der Waals surface area contributed by atoms with Gasteiger partial charge in [-0.15, -0.1) is 0 Å². The van der Waals surface area contributed by atoms with Crippen LogP contribution in [0.25, 0.3) is 0 Å². The first-order valence-corrected chi connectivity index (χ1v) is 9.96. The molecule has 25 heavy (non-hydrogen) atoms. The monoisotopic (exact) mass is 371 g/mol. The van der Waals surface area contributed by atoms with E-state index in [1.165, 1.54) is 12.1 Å². The molecule has 2 unspecified atom stereocenters. The minimum absolute atomic E-state index is 0.0181. The molecule has 2 rings (SSSR count). The number of aliphatic hydroxyl groups excluding tert-OH is 1. The lowest BCUT2D eigenvalue weighted by atomic mass is 10.0. The third-order valence-corrected chi connectivity index (χ3v) is 6.18. The lowest BCUT2D eigenvalue weighted by Crippen LogP contribution is -2.51. The summed E-state index contributed by atoms with van der Waals surface area (Å²) >= 11 is 0. The fourth-order valence-electron chi connectivity index (χ4n) is 2.82. The van der Waals surface area contributed by atoms with Gasteiger partial charge in [0.1, 0.15) is 11.8 Å². The number of aliphatic carboxylic acids is 1. The Hall–Kier alpha value is -1.64. The quantitative estimate of drug-likeness (QED) is 0.676. The van der Waals surface area contributed by atoms with Crippen molar-refractivity contribution in [1.82, 2.24) is 4.31 Å². The number of rotatable bonds is 8. The Labute approximate surface area is 148 Å². The van der Waals surface area contributed by atoms with E-state index in [1.807, 2.05) is 0 Å². The molecular formula is C17H25NO6S. The zero-order valence-corrected chi connectivity index (χ0v) is 15.1. The molecule has 8 heteroatoms. The van der Waals surface area contributed by atoms with Crippen molar-refractivity contribution in [2.24, 2.45) is 0 Å². The normalized spacial score (nSPS) is 21.8. The summed E-state index contributed by atoms with van der Waals surface area (Å²) in [5, 5.41) is 18.9. The third-order valence-electron chi connectivity index (χ3n) is 4.26. The minimum Gasteiger partial charge on any atom is -0.494 e. The summed E-state index contributed by atoms with van der Waals surface area (Å²) in [6.45, 7) is 2.66. The van der Waals surface area contributed by atoms with Crippen molar-refractivity contribution >= 4 is 16.0 Å². The molecule has 2 N–H and O–H groups in total. The molecule has 1 aromatic carbocycles. The van der Waals surface area contributed by atoms with Crippen molar-refractivity contribution < 1.29 is 28.2 Å². The summed E-state index contributed by atoms with van der Waals surface area (Å²) in [4.78, 5) is 11.4. The van der Waals surface area contributed by atoms with Crippen LogP contribution in [0.2, 0.25) is 0 Å². The van der Waals surface area contributed by atoms with Gasteiger partial charge in [-0.3, -0.25) is 4.79 Å². The van der Waals surface area contributed by atoms with Crippen LogP contribution in [-0.4, -0.2) is 54.2 Å². The van der Waals surface area contributed by atoms with E-state index in [-0.39, 0.29) is 24.3 Å². The highest BCUT2D eigenvalue weighted by Gasteiger charge is 2.40. The summed E-state index contributed by atoms with van der Waals surface area (Å²) in [6.07, 6.45) is 2.42. The number of carboxylic acid groups (broad SMARTS) is 1. The number of aliphatic hydroxyl groups is 1. The molecule has 1 fully saturated rings. The average Bonchev–Trinajstić information content (AvgIpc) is 2.59. The van der Waals surface area contributed by atoms with Crippen LogP contribution in [0.5, 0.6) is 5.75 Å². The highest BCUT2D eigenvalue weighted by atomic mass is 32.2. The van der Waals surface area contributed by atoms with Gasteiger partial charge in [0.2, 0.25) is 10.0 Å². The summed E-state index contributed by atoms with van der Waals surface area (Å²) in [5.74, 6) is -0.669. The highest BCUT2D eigenvalue weighted by molar-refractivity contribution is 7.89. The number of piperidine rings is 1. The molecule has 1 aliphatic heterocycles. The van der Waals surface area contributed by atoms with Gasteiger partial charge in [-0.1, -0.05) is 19.8 Å². The van der Waals surface area contributed by atoms with Gasteiger partial charge in [-0.25, -0.2) is 8.42 Å².